The van der Waals surface area contributed by atoms with Gasteiger partial charge in [0.25, 0.3) is 0 Å². The van der Waals surface area contributed by atoms with E-state index < -0.39 is 0 Å². The predicted molar refractivity (Wildman–Crippen MR) is 67.7 cm³/mol. The van der Waals surface area contributed by atoms with E-state index in [-0.39, 0.29) is 5.78 Å². The third-order valence-electron chi connectivity index (χ3n) is 2.38. The molecule has 3 nitrogen and oxygen atoms in total. The van der Waals surface area contributed by atoms with E-state index in [9.17, 15) is 4.79 Å². The molecular weight excluding hydrogens is 216 g/mol. The highest BCUT2D eigenvalue weighted by molar-refractivity contribution is 5.94. The molecule has 0 atom stereocenters. The standard InChI is InChI=1S/C14H20O3/c1-3-4-8-16-9-10-17-14-7-5-6-13(11-14)12(2)15/h5-7,11H,3-4,8-10H2,1-2H3. The van der Waals surface area contributed by atoms with E-state index in [2.05, 4.69) is 6.92 Å². The number of benzene rings is 1. The average molecular weight is 236 g/mol. The molecule has 0 fully saturated rings. The molecule has 0 N–H and O–H groups in total. The molecule has 1 rings (SSSR count). The van der Waals surface area contributed by atoms with Crippen molar-refractivity contribution in [3.05, 3.63) is 29.8 Å². The monoisotopic (exact) mass is 236 g/mol. The minimum atomic E-state index is 0.0506. The summed E-state index contributed by atoms with van der Waals surface area (Å²) in [6.07, 6.45) is 2.22. The molecule has 0 radical (unpaired) electrons. The van der Waals surface area contributed by atoms with Crippen molar-refractivity contribution in [3.8, 4) is 5.75 Å². The molecule has 0 aliphatic rings. The molecule has 0 saturated heterocycles. The van der Waals surface area contributed by atoms with Crippen LogP contribution in [0.4, 0.5) is 0 Å². The molecule has 0 amide bonds. The number of unbranched alkanes of at least 4 members (excludes halogenated alkanes) is 1. The van der Waals surface area contributed by atoms with Crippen molar-refractivity contribution in [1.29, 1.82) is 0 Å². The Morgan fingerprint density at radius 1 is 1.24 bits per heavy atom. The smallest absolute Gasteiger partial charge is 0.159 e. The second kappa shape index (κ2) is 7.85. The van der Waals surface area contributed by atoms with Gasteiger partial charge in [-0.05, 0) is 25.5 Å². The van der Waals surface area contributed by atoms with Gasteiger partial charge in [0.2, 0.25) is 0 Å². The Labute approximate surface area is 103 Å². The van der Waals surface area contributed by atoms with Crippen LogP contribution in [0.2, 0.25) is 0 Å². The fourth-order valence-electron chi connectivity index (χ4n) is 1.37. The molecule has 0 aromatic heterocycles. The van der Waals surface area contributed by atoms with Crippen molar-refractivity contribution < 1.29 is 14.3 Å². The zero-order valence-electron chi connectivity index (χ0n) is 10.6. The number of hydrogen-bond donors (Lipinski definition) is 0. The van der Waals surface area contributed by atoms with E-state index in [1.165, 1.54) is 0 Å². The maximum atomic E-state index is 11.2. The van der Waals surface area contributed by atoms with Crippen LogP contribution in [0.25, 0.3) is 0 Å². The zero-order chi connectivity index (χ0) is 12.5. The van der Waals surface area contributed by atoms with Crippen LogP contribution in [0.5, 0.6) is 5.75 Å². The van der Waals surface area contributed by atoms with Crippen LogP contribution in [-0.2, 0) is 4.74 Å². The molecule has 0 saturated carbocycles. The molecule has 0 unspecified atom stereocenters. The summed E-state index contributed by atoms with van der Waals surface area (Å²) in [6.45, 7) is 5.57. The molecule has 0 bridgehead atoms. The number of carbonyl (C=O) groups excluding carboxylic acids is 1. The fraction of sp³-hybridized carbons (Fsp3) is 0.500. The Balaban J connectivity index is 2.27. The number of hydrogen-bond acceptors (Lipinski definition) is 3. The van der Waals surface area contributed by atoms with E-state index >= 15 is 0 Å². The molecule has 1 aromatic carbocycles. The summed E-state index contributed by atoms with van der Waals surface area (Å²) in [5.74, 6) is 0.770. The van der Waals surface area contributed by atoms with E-state index in [0.29, 0.717) is 18.8 Å². The highest BCUT2D eigenvalue weighted by Gasteiger charge is 2.00. The van der Waals surface area contributed by atoms with Gasteiger partial charge >= 0.3 is 0 Å². The normalized spacial score (nSPS) is 10.2. The van der Waals surface area contributed by atoms with Crippen molar-refractivity contribution in [3.63, 3.8) is 0 Å². The second-order valence-corrected chi connectivity index (χ2v) is 3.90. The van der Waals surface area contributed by atoms with Crippen LogP contribution in [0.3, 0.4) is 0 Å². The molecule has 1 aromatic rings. The van der Waals surface area contributed by atoms with Gasteiger partial charge in [0.15, 0.2) is 5.78 Å². The quantitative estimate of drug-likeness (QED) is 0.514. The lowest BCUT2D eigenvalue weighted by Crippen LogP contribution is -2.07. The van der Waals surface area contributed by atoms with Crippen LogP contribution < -0.4 is 4.74 Å². The van der Waals surface area contributed by atoms with Gasteiger partial charge < -0.3 is 9.47 Å². The molecule has 94 valence electrons. The third kappa shape index (κ3) is 5.50. The fourth-order valence-corrected chi connectivity index (χ4v) is 1.37. The lowest BCUT2D eigenvalue weighted by atomic mass is 10.1. The first kappa shape index (κ1) is 13.7. The molecule has 0 heterocycles. The molecular formula is C14H20O3. The van der Waals surface area contributed by atoms with E-state index in [1.807, 2.05) is 12.1 Å². The Kier molecular flexibility index (Phi) is 6.33. The summed E-state index contributed by atoms with van der Waals surface area (Å²) >= 11 is 0. The van der Waals surface area contributed by atoms with Gasteiger partial charge in [-0.15, -0.1) is 0 Å². The average Bonchev–Trinajstić information content (AvgIpc) is 2.34. The van der Waals surface area contributed by atoms with Crippen molar-refractivity contribution in [2.75, 3.05) is 19.8 Å². The van der Waals surface area contributed by atoms with E-state index in [1.54, 1.807) is 19.1 Å². The minimum Gasteiger partial charge on any atom is -0.491 e. The Morgan fingerprint density at radius 3 is 2.76 bits per heavy atom. The Hall–Kier alpha value is -1.35. The SMILES string of the molecule is CCCCOCCOc1cccc(C(C)=O)c1. The highest BCUT2D eigenvalue weighted by Crippen LogP contribution is 2.13. The number of rotatable bonds is 8. The van der Waals surface area contributed by atoms with Crippen molar-refractivity contribution in [2.45, 2.75) is 26.7 Å². The summed E-state index contributed by atoms with van der Waals surface area (Å²) in [4.78, 5) is 11.2. The number of carbonyl (C=O) groups is 1. The highest BCUT2D eigenvalue weighted by atomic mass is 16.5. The van der Waals surface area contributed by atoms with E-state index in [0.717, 1.165) is 25.2 Å². The second-order valence-electron chi connectivity index (χ2n) is 3.90. The van der Waals surface area contributed by atoms with Crippen molar-refractivity contribution in [1.82, 2.24) is 0 Å². The molecule has 0 aliphatic heterocycles. The van der Waals surface area contributed by atoms with Gasteiger partial charge in [0, 0.05) is 12.2 Å². The van der Waals surface area contributed by atoms with Gasteiger partial charge in [-0.1, -0.05) is 25.5 Å². The molecule has 3 heteroatoms. The zero-order valence-corrected chi connectivity index (χ0v) is 10.6. The van der Waals surface area contributed by atoms with Gasteiger partial charge in [-0.3, -0.25) is 4.79 Å². The first-order chi connectivity index (χ1) is 8.24. The Morgan fingerprint density at radius 2 is 2.06 bits per heavy atom. The Bertz CT molecular complexity index is 347. The van der Waals surface area contributed by atoms with Gasteiger partial charge in [-0.25, -0.2) is 0 Å². The first-order valence-electron chi connectivity index (χ1n) is 6.05. The van der Waals surface area contributed by atoms with Crippen LogP contribution in [0, 0.1) is 0 Å². The third-order valence-corrected chi connectivity index (χ3v) is 2.38. The number of ether oxygens (including phenoxy) is 2. The van der Waals surface area contributed by atoms with Gasteiger partial charge in [0.1, 0.15) is 12.4 Å². The van der Waals surface area contributed by atoms with E-state index in [4.69, 9.17) is 9.47 Å². The van der Waals surface area contributed by atoms with Crippen molar-refractivity contribution >= 4 is 5.78 Å². The number of ketones is 1. The lowest BCUT2D eigenvalue weighted by molar-refractivity contribution is 0.0977. The molecule has 0 aliphatic carbocycles. The summed E-state index contributed by atoms with van der Waals surface area (Å²) in [5, 5.41) is 0. The summed E-state index contributed by atoms with van der Waals surface area (Å²) in [7, 11) is 0. The van der Waals surface area contributed by atoms with Crippen LogP contribution in [0.15, 0.2) is 24.3 Å². The van der Waals surface area contributed by atoms with Crippen LogP contribution >= 0.6 is 0 Å². The maximum Gasteiger partial charge on any atom is 0.159 e. The first-order valence-corrected chi connectivity index (χ1v) is 6.05. The summed E-state index contributed by atoms with van der Waals surface area (Å²) in [5.41, 5.74) is 0.675. The van der Waals surface area contributed by atoms with Gasteiger partial charge in [0.05, 0.1) is 6.61 Å². The lowest BCUT2D eigenvalue weighted by Gasteiger charge is -2.07. The summed E-state index contributed by atoms with van der Waals surface area (Å²) in [6, 6.07) is 7.21. The largest absolute Gasteiger partial charge is 0.491 e. The van der Waals surface area contributed by atoms with Crippen LogP contribution in [-0.4, -0.2) is 25.6 Å². The summed E-state index contributed by atoms with van der Waals surface area (Å²) < 4.78 is 10.9. The predicted octanol–water partition coefficient (Wildman–Crippen LogP) is 3.08. The molecule has 0 spiro atoms. The minimum absolute atomic E-state index is 0.0506. The maximum absolute atomic E-state index is 11.2. The topological polar surface area (TPSA) is 35.5 Å². The van der Waals surface area contributed by atoms with Crippen molar-refractivity contribution in [2.24, 2.45) is 0 Å². The van der Waals surface area contributed by atoms with Gasteiger partial charge in [-0.2, -0.15) is 0 Å². The molecule has 17 heavy (non-hydrogen) atoms. The number of Topliss-reactive ketones (excluding diaryl/α,β-unsaturated/α-hetero) is 1. The van der Waals surface area contributed by atoms with Crippen LogP contribution in [0.1, 0.15) is 37.0 Å².